The highest BCUT2D eigenvalue weighted by molar-refractivity contribution is 5.76. The summed E-state index contributed by atoms with van der Waals surface area (Å²) in [5, 5.41) is 0. The molecule has 1 heterocycles. The smallest absolute Gasteiger partial charge is 0.309 e. The molecule has 0 aromatic heterocycles. The Bertz CT molecular complexity index is 220. The normalized spacial score (nSPS) is 42.5. The van der Waals surface area contributed by atoms with Crippen molar-refractivity contribution in [2.24, 2.45) is 11.8 Å². The first-order valence-electron chi connectivity index (χ1n) is 4.05. The molecular formula is C9H12O2. The largest absolute Gasteiger partial charge is 0.462 e. The molecule has 0 amide bonds. The van der Waals surface area contributed by atoms with Crippen LogP contribution < -0.4 is 0 Å². The van der Waals surface area contributed by atoms with Crippen LogP contribution in [0.5, 0.6) is 0 Å². The Morgan fingerprint density at radius 1 is 1.55 bits per heavy atom. The van der Waals surface area contributed by atoms with Gasteiger partial charge < -0.3 is 4.74 Å². The second-order valence-electron chi connectivity index (χ2n) is 3.57. The summed E-state index contributed by atoms with van der Waals surface area (Å²) in [7, 11) is 0. The van der Waals surface area contributed by atoms with E-state index in [0.29, 0.717) is 5.92 Å². The number of rotatable bonds is 0. The van der Waals surface area contributed by atoms with Gasteiger partial charge in [0.25, 0.3) is 0 Å². The number of esters is 1. The van der Waals surface area contributed by atoms with E-state index >= 15 is 0 Å². The number of cyclic esters (lactones) is 1. The Morgan fingerprint density at radius 2 is 2.27 bits per heavy atom. The van der Waals surface area contributed by atoms with Gasteiger partial charge in [-0.15, -0.1) is 0 Å². The molecule has 0 aromatic carbocycles. The van der Waals surface area contributed by atoms with Crippen LogP contribution in [-0.2, 0) is 9.53 Å². The maximum Gasteiger partial charge on any atom is 0.309 e. The van der Waals surface area contributed by atoms with Gasteiger partial charge in [-0.1, -0.05) is 12.2 Å². The van der Waals surface area contributed by atoms with Crippen LogP contribution >= 0.6 is 0 Å². The van der Waals surface area contributed by atoms with Crippen molar-refractivity contribution in [2.75, 3.05) is 0 Å². The molecule has 60 valence electrons. The molecule has 2 rings (SSSR count). The first-order valence-corrected chi connectivity index (χ1v) is 4.05. The summed E-state index contributed by atoms with van der Waals surface area (Å²) in [4.78, 5) is 11.1. The van der Waals surface area contributed by atoms with Gasteiger partial charge in [0.15, 0.2) is 0 Å². The van der Waals surface area contributed by atoms with Gasteiger partial charge in [-0.3, -0.25) is 4.79 Å². The van der Waals surface area contributed by atoms with E-state index in [2.05, 4.69) is 6.58 Å². The van der Waals surface area contributed by atoms with E-state index < -0.39 is 0 Å². The van der Waals surface area contributed by atoms with Crippen LogP contribution in [0.2, 0.25) is 0 Å². The average Bonchev–Trinajstić information content (AvgIpc) is 2.38. The number of fused-ring (bicyclic) bond motifs is 1. The summed E-state index contributed by atoms with van der Waals surface area (Å²) in [5.41, 5.74) is 1.21. The number of hydrogen-bond donors (Lipinski definition) is 0. The number of ether oxygens (including phenoxy) is 1. The molecule has 11 heavy (non-hydrogen) atoms. The maximum absolute atomic E-state index is 11.1. The summed E-state index contributed by atoms with van der Waals surface area (Å²) < 4.78 is 5.10. The van der Waals surface area contributed by atoms with Crippen molar-refractivity contribution in [3.63, 3.8) is 0 Å². The summed E-state index contributed by atoms with van der Waals surface area (Å²) in [6.45, 7) is 5.87. The fraction of sp³-hybridized carbons (Fsp3) is 0.667. The highest BCUT2D eigenvalue weighted by Crippen LogP contribution is 2.43. The van der Waals surface area contributed by atoms with E-state index in [9.17, 15) is 4.79 Å². The minimum Gasteiger partial charge on any atom is -0.462 e. The van der Waals surface area contributed by atoms with Gasteiger partial charge in [0.05, 0.1) is 5.92 Å². The predicted octanol–water partition coefficient (Wildman–Crippen LogP) is 1.51. The van der Waals surface area contributed by atoms with Crippen molar-refractivity contribution in [1.82, 2.24) is 0 Å². The minimum atomic E-state index is -0.0128. The van der Waals surface area contributed by atoms with E-state index in [0.717, 1.165) is 12.8 Å². The lowest BCUT2D eigenvalue weighted by Gasteiger charge is -2.08. The molecule has 0 N–H and O–H groups in total. The van der Waals surface area contributed by atoms with Crippen LogP contribution in [0, 0.1) is 11.8 Å². The van der Waals surface area contributed by atoms with Gasteiger partial charge in [-0.2, -0.15) is 0 Å². The SMILES string of the molecule is C=C1CC2C(=O)OC(C)C2C1. The third-order valence-corrected chi connectivity index (χ3v) is 2.76. The lowest BCUT2D eigenvalue weighted by Crippen LogP contribution is -2.11. The fourth-order valence-corrected chi connectivity index (χ4v) is 2.13. The van der Waals surface area contributed by atoms with E-state index in [4.69, 9.17) is 4.74 Å². The topological polar surface area (TPSA) is 26.3 Å². The Hall–Kier alpha value is -0.790. The van der Waals surface area contributed by atoms with Crippen molar-refractivity contribution in [2.45, 2.75) is 25.9 Å². The van der Waals surface area contributed by atoms with Crippen LogP contribution in [0.1, 0.15) is 19.8 Å². The molecule has 2 nitrogen and oxygen atoms in total. The molecule has 1 saturated heterocycles. The zero-order valence-electron chi connectivity index (χ0n) is 6.67. The molecule has 2 aliphatic rings. The Balaban J connectivity index is 2.23. The Kier molecular flexibility index (Phi) is 1.31. The quantitative estimate of drug-likeness (QED) is 0.388. The number of carbonyl (C=O) groups is 1. The van der Waals surface area contributed by atoms with Gasteiger partial charge >= 0.3 is 5.97 Å². The molecule has 1 saturated carbocycles. The Morgan fingerprint density at radius 3 is 2.91 bits per heavy atom. The molecule has 2 heteroatoms. The van der Waals surface area contributed by atoms with Crippen LogP contribution in [0.4, 0.5) is 0 Å². The van der Waals surface area contributed by atoms with Gasteiger partial charge in [0.1, 0.15) is 6.10 Å². The zero-order valence-corrected chi connectivity index (χ0v) is 6.67. The van der Waals surface area contributed by atoms with Gasteiger partial charge in [0, 0.05) is 5.92 Å². The predicted molar refractivity (Wildman–Crippen MR) is 40.9 cm³/mol. The second-order valence-corrected chi connectivity index (χ2v) is 3.57. The van der Waals surface area contributed by atoms with Crippen LogP contribution in [0.3, 0.4) is 0 Å². The van der Waals surface area contributed by atoms with E-state index in [1.165, 1.54) is 5.57 Å². The van der Waals surface area contributed by atoms with Crippen LogP contribution in [-0.4, -0.2) is 12.1 Å². The van der Waals surface area contributed by atoms with Crippen molar-refractivity contribution in [3.05, 3.63) is 12.2 Å². The molecule has 1 aliphatic heterocycles. The van der Waals surface area contributed by atoms with E-state index in [1.807, 2.05) is 6.92 Å². The fourth-order valence-electron chi connectivity index (χ4n) is 2.13. The third-order valence-electron chi connectivity index (χ3n) is 2.76. The number of carbonyl (C=O) groups excluding carboxylic acids is 1. The minimum absolute atomic E-state index is 0.0128. The third kappa shape index (κ3) is 0.889. The second kappa shape index (κ2) is 2.10. The van der Waals surface area contributed by atoms with E-state index in [-0.39, 0.29) is 18.0 Å². The highest BCUT2D eigenvalue weighted by atomic mass is 16.6. The lowest BCUT2D eigenvalue weighted by molar-refractivity contribution is -0.143. The maximum atomic E-state index is 11.1. The molecule has 0 spiro atoms. The average molecular weight is 152 g/mol. The number of allylic oxidation sites excluding steroid dienone is 1. The molecule has 3 unspecified atom stereocenters. The number of hydrogen-bond acceptors (Lipinski definition) is 2. The van der Waals surface area contributed by atoms with Gasteiger partial charge in [0.2, 0.25) is 0 Å². The van der Waals surface area contributed by atoms with Crippen LogP contribution in [0.25, 0.3) is 0 Å². The van der Waals surface area contributed by atoms with Crippen molar-refractivity contribution in [3.8, 4) is 0 Å². The molecular weight excluding hydrogens is 140 g/mol. The zero-order chi connectivity index (χ0) is 8.01. The van der Waals surface area contributed by atoms with Gasteiger partial charge in [-0.05, 0) is 19.8 Å². The molecule has 3 atom stereocenters. The van der Waals surface area contributed by atoms with Crippen LogP contribution in [0.15, 0.2) is 12.2 Å². The molecule has 0 radical (unpaired) electrons. The highest BCUT2D eigenvalue weighted by Gasteiger charge is 2.46. The molecule has 1 aliphatic carbocycles. The molecule has 2 fully saturated rings. The lowest BCUT2D eigenvalue weighted by atomic mass is 9.95. The first-order chi connectivity index (χ1) is 5.18. The standard InChI is InChI=1S/C9H12O2/c1-5-3-7-6(2)11-9(10)8(7)4-5/h6-8H,1,3-4H2,2H3. The van der Waals surface area contributed by atoms with Crippen molar-refractivity contribution < 1.29 is 9.53 Å². The monoisotopic (exact) mass is 152 g/mol. The summed E-state index contributed by atoms with van der Waals surface area (Å²) in [6, 6.07) is 0. The Labute approximate surface area is 66.2 Å². The van der Waals surface area contributed by atoms with Crippen molar-refractivity contribution >= 4 is 5.97 Å². The first kappa shape index (κ1) is 6.89. The molecule has 0 aromatic rings. The summed E-state index contributed by atoms with van der Waals surface area (Å²) in [5.74, 6) is 0.550. The summed E-state index contributed by atoms with van der Waals surface area (Å²) in [6.07, 6.45) is 1.96. The molecule has 0 bridgehead atoms. The summed E-state index contributed by atoms with van der Waals surface area (Å²) >= 11 is 0. The van der Waals surface area contributed by atoms with Crippen molar-refractivity contribution in [1.29, 1.82) is 0 Å². The van der Waals surface area contributed by atoms with E-state index in [1.54, 1.807) is 0 Å². The van der Waals surface area contributed by atoms with Gasteiger partial charge in [-0.25, -0.2) is 0 Å².